The van der Waals surface area contributed by atoms with Gasteiger partial charge in [-0.2, -0.15) is 0 Å². The maximum atomic E-state index is 13.0. The minimum absolute atomic E-state index is 0.00741. The summed E-state index contributed by atoms with van der Waals surface area (Å²) in [7, 11) is 4.43. The van der Waals surface area contributed by atoms with E-state index in [4.69, 9.17) is 18.9 Å². The molecular formula is C18H32N4O7. The number of nitrogens with zero attached hydrogens (tertiary/aromatic N) is 4. The van der Waals surface area contributed by atoms with Crippen molar-refractivity contribution in [3.05, 3.63) is 0 Å². The minimum Gasteiger partial charge on any atom is -0.463 e. The van der Waals surface area contributed by atoms with Crippen LogP contribution in [0.3, 0.4) is 0 Å². The molecule has 2 unspecified atom stereocenters. The van der Waals surface area contributed by atoms with E-state index in [1.807, 2.05) is 20.8 Å². The van der Waals surface area contributed by atoms with E-state index >= 15 is 0 Å². The third kappa shape index (κ3) is 4.41. The highest BCUT2D eigenvalue weighted by molar-refractivity contribution is 5.85. The van der Waals surface area contributed by atoms with Crippen molar-refractivity contribution < 1.29 is 33.3 Å². The number of rotatable bonds is 11. The van der Waals surface area contributed by atoms with E-state index in [0.29, 0.717) is 6.42 Å². The lowest BCUT2D eigenvalue weighted by Gasteiger charge is -2.29. The van der Waals surface area contributed by atoms with Crippen LogP contribution in [0, 0.1) is 5.41 Å². The summed E-state index contributed by atoms with van der Waals surface area (Å²) in [6.07, 6.45) is -0.575. The predicted molar refractivity (Wildman–Crippen MR) is 101 cm³/mol. The van der Waals surface area contributed by atoms with Crippen molar-refractivity contribution >= 4 is 18.0 Å². The van der Waals surface area contributed by atoms with Gasteiger partial charge in [0.2, 0.25) is 0 Å². The Morgan fingerprint density at radius 1 is 0.862 bits per heavy atom. The van der Waals surface area contributed by atoms with Crippen molar-refractivity contribution in [2.45, 2.75) is 39.5 Å². The Bertz CT molecular complexity index is 611. The van der Waals surface area contributed by atoms with Gasteiger partial charge in [-0.3, -0.25) is 24.4 Å². The Kier molecular flexibility index (Phi) is 7.66. The van der Waals surface area contributed by atoms with E-state index in [-0.39, 0.29) is 51.4 Å². The first-order valence-electron chi connectivity index (χ1n) is 9.53. The molecular weight excluding hydrogens is 384 g/mol. The number of carbonyl (C=O) groups is 3. The number of carbonyl (C=O) groups excluding carboxylic acids is 3. The summed E-state index contributed by atoms with van der Waals surface area (Å²) in [6.45, 7) is 5.73. The van der Waals surface area contributed by atoms with E-state index in [9.17, 15) is 14.4 Å². The molecule has 0 saturated carbocycles. The second kappa shape index (κ2) is 9.59. The topological polar surface area (TPSA) is 101 Å². The van der Waals surface area contributed by atoms with Gasteiger partial charge in [-0.05, 0) is 20.3 Å². The molecule has 0 aromatic carbocycles. The van der Waals surface area contributed by atoms with Crippen LogP contribution in [0.2, 0.25) is 0 Å². The number of hydrogen-bond acceptors (Lipinski definition) is 7. The lowest BCUT2D eigenvalue weighted by Crippen LogP contribution is -2.48. The summed E-state index contributed by atoms with van der Waals surface area (Å²) in [6, 6.07) is -0.631. The Labute approximate surface area is 171 Å². The first kappa shape index (κ1) is 23.2. The van der Waals surface area contributed by atoms with E-state index in [0.717, 1.165) is 0 Å². The van der Waals surface area contributed by atoms with Crippen LogP contribution in [0.1, 0.15) is 27.2 Å². The fourth-order valence-electron chi connectivity index (χ4n) is 3.38. The molecule has 0 aromatic heterocycles. The number of methoxy groups -OCH3 is 3. The molecule has 0 N–H and O–H groups in total. The number of amides is 4. The number of esters is 1. The molecule has 2 aliphatic heterocycles. The van der Waals surface area contributed by atoms with Crippen molar-refractivity contribution in [2.24, 2.45) is 5.41 Å². The van der Waals surface area contributed by atoms with Crippen LogP contribution >= 0.6 is 0 Å². The minimum atomic E-state index is -0.613. The van der Waals surface area contributed by atoms with Crippen LogP contribution in [0.5, 0.6) is 0 Å². The molecule has 11 heteroatoms. The smallest absolute Gasteiger partial charge is 0.327 e. The van der Waals surface area contributed by atoms with E-state index in [1.165, 1.54) is 40.9 Å². The Morgan fingerprint density at radius 3 is 1.69 bits per heavy atom. The highest BCUT2D eigenvalue weighted by Crippen LogP contribution is 2.34. The van der Waals surface area contributed by atoms with Crippen molar-refractivity contribution in [1.29, 1.82) is 0 Å². The van der Waals surface area contributed by atoms with Gasteiger partial charge in [0, 0.05) is 21.3 Å². The summed E-state index contributed by atoms with van der Waals surface area (Å²) in [5, 5.41) is 0. The maximum Gasteiger partial charge on any atom is 0.327 e. The lowest BCUT2D eigenvalue weighted by atomic mass is 9.91. The van der Waals surface area contributed by atoms with Crippen LogP contribution in [0.4, 0.5) is 9.59 Å². The average molecular weight is 416 g/mol. The third-order valence-electron chi connectivity index (χ3n) is 5.33. The monoisotopic (exact) mass is 416 g/mol. The molecule has 0 bridgehead atoms. The molecule has 11 nitrogen and oxygen atoms in total. The largest absolute Gasteiger partial charge is 0.463 e. The van der Waals surface area contributed by atoms with Crippen LogP contribution in [0.25, 0.3) is 0 Å². The van der Waals surface area contributed by atoms with E-state index in [1.54, 1.807) is 0 Å². The molecule has 4 amide bonds. The zero-order chi connectivity index (χ0) is 21.8. The van der Waals surface area contributed by atoms with Gasteiger partial charge < -0.3 is 18.9 Å². The highest BCUT2D eigenvalue weighted by atomic mass is 16.5. The molecule has 2 heterocycles. The van der Waals surface area contributed by atoms with Crippen molar-refractivity contribution in [3.63, 3.8) is 0 Å². The van der Waals surface area contributed by atoms with Crippen LogP contribution in [-0.4, -0.2) is 105 Å². The fourth-order valence-corrected chi connectivity index (χ4v) is 3.38. The SMILES string of the molecule is CCC(C)(C)C(=O)OCCN1C(=O)N(COC)C2C1N(COC)C(=O)N2COC. The van der Waals surface area contributed by atoms with Gasteiger partial charge in [-0.25, -0.2) is 9.59 Å². The molecule has 166 valence electrons. The molecule has 2 aliphatic rings. The third-order valence-corrected chi connectivity index (χ3v) is 5.33. The number of hydrogen-bond donors (Lipinski definition) is 0. The van der Waals surface area contributed by atoms with Crippen molar-refractivity contribution in [2.75, 3.05) is 54.7 Å². The Hall–Kier alpha value is -2.11. The van der Waals surface area contributed by atoms with Gasteiger partial charge in [-0.15, -0.1) is 0 Å². The van der Waals surface area contributed by atoms with Crippen molar-refractivity contribution in [3.8, 4) is 0 Å². The summed E-state index contributed by atoms with van der Waals surface area (Å²) >= 11 is 0. The normalized spacial score (nSPS) is 22.0. The summed E-state index contributed by atoms with van der Waals surface area (Å²) in [5.41, 5.74) is -0.597. The maximum absolute atomic E-state index is 13.0. The standard InChI is InChI=1S/C18H32N4O7/c1-7-18(2,3)15(23)29-9-8-19-13-14(21(11-27-5)16(19)24)22(12-28-6)17(25)20(13)10-26-4/h13-14H,7-12H2,1-6H3. The van der Waals surface area contributed by atoms with Gasteiger partial charge in [0.15, 0.2) is 12.3 Å². The Balaban J connectivity index is 2.21. The second-order valence-electron chi connectivity index (χ2n) is 7.62. The van der Waals surface area contributed by atoms with E-state index < -0.39 is 17.7 Å². The highest BCUT2D eigenvalue weighted by Gasteiger charge is 2.59. The predicted octanol–water partition coefficient (Wildman–Crippen LogP) is 0.905. The number of urea groups is 2. The van der Waals surface area contributed by atoms with Gasteiger partial charge >= 0.3 is 18.0 Å². The van der Waals surface area contributed by atoms with Gasteiger partial charge in [-0.1, -0.05) is 6.92 Å². The molecule has 29 heavy (non-hydrogen) atoms. The van der Waals surface area contributed by atoms with E-state index in [2.05, 4.69) is 0 Å². The molecule has 0 radical (unpaired) electrons. The van der Waals surface area contributed by atoms with Crippen molar-refractivity contribution in [1.82, 2.24) is 19.6 Å². The summed E-state index contributed by atoms with van der Waals surface area (Å²) in [5.74, 6) is -0.325. The second-order valence-corrected chi connectivity index (χ2v) is 7.62. The molecule has 2 saturated heterocycles. The summed E-state index contributed by atoms with van der Waals surface area (Å²) < 4.78 is 20.9. The number of fused-ring (bicyclic) bond motifs is 1. The van der Waals surface area contributed by atoms with Gasteiger partial charge in [0.25, 0.3) is 0 Å². The molecule has 0 aromatic rings. The molecule has 2 fully saturated rings. The van der Waals surface area contributed by atoms with Crippen LogP contribution in [-0.2, 0) is 23.7 Å². The van der Waals surface area contributed by atoms with Crippen LogP contribution < -0.4 is 0 Å². The van der Waals surface area contributed by atoms with Gasteiger partial charge in [0.05, 0.1) is 12.0 Å². The van der Waals surface area contributed by atoms with Gasteiger partial charge in [0.1, 0.15) is 26.8 Å². The molecule has 2 rings (SSSR count). The number of ether oxygens (including phenoxy) is 4. The zero-order valence-electron chi connectivity index (χ0n) is 18.0. The lowest BCUT2D eigenvalue weighted by molar-refractivity contribution is -0.154. The quantitative estimate of drug-likeness (QED) is 0.461. The summed E-state index contributed by atoms with van der Waals surface area (Å²) in [4.78, 5) is 44.0. The zero-order valence-corrected chi connectivity index (χ0v) is 18.0. The first-order chi connectivity index (χ1) is 13.7. The molecule has 0 aliphatic carbocycles. The molecule has 0 spiro atoms. The Morgan fingerprint density at radius 2 is 1.28 bits per heavy atom. The first-order valence-corrected chi connectivity index (χ1v) is 9.53. The average Bonchev–Trinajstić information content (AvgIpc) is 3.10. The fraction of sp³-hybridized carbons (Fsp3) is 0.833. The molecule has 2 atom stereocenters. The van der Waals surface area contributed by atoms with Crippen LogP contribution in [0.15, 0.2) is 0 Å².